The van der Waals surface area contributed by atoms with E-state index in [0.29, 0.717) is 6.61 Å². The van der Waals surface area contributed by atoms with Gasteiger partial charge in [-0.2, -0.15) is 5.26 Å². The Kier molecular flexibility index (Phi) is 6.02. The number of rotatable bonds is 6. The summed E-state index contributed by atoms with van der Waals surface area (Å²) in [6.45, 7) is 8.46. The van der Waals surface area contributed by atoms with Crippen molar-refractivity contribution in [1.82, 2.24) is 4.57 Å². The molecule has 0 N–H and O–H groups in total. The Balaban J connectivity index is 2.41. The third-order valence-corrected chi connectivity index (χ3v) is 3.79. The normalized spacial score (nSPS) is 11.1. The number of benzene rings is 1. The maximum Gasteiger partial charge on any atom is 0.348 e. The Morgan fingerprint density at radius 3 is 2.44 bits per heavy atom. The number of nitriles is 1. The molecular formula is C20H22N2O3. The Morgan fingerprint density at radius 2 is 1.88 bits per heavy atom. The molecule has 0 saturated heterocycles. The van der Waals surface area contributed by atoms with E-state index in [2.05, 4.69) is 4.57 Å². The predicted octanol–water partition coefficient (Wildman–Crippen LogP) is 3.96. The van der Waals surface area contributed by atoms with Crippen molar-refractivity contribution in [3.63, 3.8) is 0 Å². The van der Waals surface area contributed by atoms with Crippen molar-refractivity contribution >= 4 is 12.0 Å². The number of ether oxygens (including phenoxy) is 2. The number of nitrogens with zero attached hydrogens (tertiary/aromatic N) is 2. The minimum absolute atomic E-state index is 0.00575. The maximum absolute atomic E-state index is 11.8. The Hall–Kier alpha value is -3.00. The van der Waals surface area contributed by atoms with E-state index in [4.69, 9.17) is 9.47 Å². The molecule has 0 spiro atoms. The molecule has 2 aromatic rings. The molecule has 0 aliphatic heterocycles. The lowest BCUT2D eigenvalue weighted by Crippen LogP contribution is -2.06. The summed E-state index contributed by atoms with van der Waals surface area (Å²) in [6, 6.07) is 11.7. The van der Waals surface area contributed by atoms with Crippen molar-refractivity contribution in [2.45, 2.75) is 27.7 Å². The molecule has 0 atom stereocenters. The molecule has 0 fully saturated rings. The van der Waals surface area contributed by atoms with Crippen LogP contribution in [0.3, 0.4) is 0 Å². The van der Waals surface area contributed by atoms with Crippen LogP contribution in [-0.4, -0.2) is 23.8 Å². The lowest BCUT2D eigenvalue weighted by atomic mass is 10.1. The van der Waals surface area contributed by atoms with Gasteiger partial charge in [-0.1, -0.05) is 0 Å². The highest BCUT2D eigenvalue weighted by Crippen LogP contribution is 2.24. The van der Waals surface area contributed by atoms with Gasteiger partial charge in [0, 0.05) is 17.1 Å². The number of aryl methyl sites for hydroxylation is 1. The molecule has 25 heavy (non-hydrogen) atoms. The highest BCUT2D eigenvalue weighted by atomic mass is 16.5. The van der Waals surface area contributed by atoms with Crippen molar-refractivity contribution in [2.75, 3.05) is 13.2 Å². The topological polar surface area (TPSA) is 64.2 Å². The maximum atomic E-state index is 11.8. The standard InChI is InChI=1S/C20H22N2O3/c1-5-24-19-9-7-18(8-10-19)22-14(3)11-16(15(22)4)12-17(13-21)20(23)25-6-2/h7-12H,5-6H2,1-4H3. The quantitative estimate of drug-likeness (QED) is 0.454. The number of aromatic nitrogens is 1. The molecule has 1 aromatic carbocycles. The Morgan fingerprint density at radius 1 is 1.20 bits per heavy atom. The van der Waals surface area contributed by atoms with E-state index in [0.717, 1.165) is 28.4 Å². The molecule has 0 aliphatic rings. The van der Waals surface area contributed by atoms with E-state index in [9.17, 15) is 10.1 Å². The largest absolute Gasteiger partial charge is 0.494 e. The second-order valence-corrected chi connectivity index (χ2v) is 5.48. The summed E-state index contributed by atoms with van der Waals surface area (Å²) in [5.74, 6) is 0.221. The minimum Gasteiger partial charge on any atom is -0.494 e. The van der Waals surface area contributed by atoms with Crippen molar-refractivity contribution < 1.29 is 14.3 Å². The zero-order valence-electron chi connectivity index (χ0n) is 15.0. The number of hydrogen-bond donors (Lipinski definition) is 0. The first-order chi connectivity index (χ1) is 12.0. The Labute approximate surface area is 148 Å². The first kappa shape index (κ1) is 18.3. The van der Waals surface area contributed by atoms with Gasteiger partial charge in [0.15, 0.2) is 0 Å². The van der Waals surface area contributed by atoms with Gasteiger partial charge in [-0.05, 0) is 69.7 Å². The van der Waals surface area contributed by atoms with Crippen molar-refractivity contribution in [3.05, 3.63) is 52.9 Å². The summed E-state index contributed by atoms with van der Waals surface area (Å²) in [5, 5.41) is 9.21. The van der Waals surface area contributed by atoms with Gasteiger partial charge in [0.05, 0.1) is 13.2 Å². The zero-order chi connectivity index (χ0) is 18.4. The van der Waals surface area contributed by atoms with Crippen LogP contribution in [-0.2, 0) is 9.53 Å². The summed E-state index contributed by atoms with van der Waals surface area (Å²) < 4.78 is 12.5. The molecule has 0 saturated carbocycles. The van der Waals surface area contributed by atoms with Crippen LogP contribution in [0.4, 0.5) is 0 Å². The number of hydrogen-bond acceptors (Lipinski definition) is 4. The monoisotopic (exact) mass is 338 g/mol. The fourth-order valence-electron chi connectivity index (χ4n) is 2.69. The van der Waals surface area contributed by atoms with Crippen LogP contribution in [0.1, 0.15) is 30.8 Å². The number of carbonyl (C=O) groups excluding carboxylic acids is 1. The molecule has 130 valence electrons. The summed E-state index contributed by atoms with van der Waals surface area (Å²) in [7, 11) is 0. The number of esters is 1. The predicted molar refractivity (Wildman–Crippen MR) is 96.6 cm³/mol. The molecule has 0 radical (unpaired) electrons. The lowest BCUT2D eigenvalue weighted by Gasteiger charge is -2.11. The van der Waals surface area contributed by atoms with Crippen LogP contribution in [0.2, 0.25) is 0 Å². The average Bonchev–Trinajstić information content (AvgIpc) is 2.87. The molecule has 0 unspecified atom stereocenters. The first-order valence-corrected chi connectivity index (χ1v) is 8.22. The van der Waals surface area contributed by atoms with Gasteiger partial charge in [0.2, 0.25) is 0 Å². The third kappa shape index (κ3) is 4.10. The van der Waals surface area contributed by atoms with Crippen LogP contribution in [0.15, 0.2) is 35.9 Å². The van der Waals surface area contributed by atoms with E-state index in [1.165, 1.54) is 0 Å². The van der Waals surface area contributed by atoms with E-state index >= 15 is 0 Å². The van der Waals surface area contributed by atoms with Crippen LogP contribution in [0, 0.1) is 25.2 Å². The van der Waals surface area contributed by atoms with Crippen molar-refractivity contribution in [2.24, 2.45) is 0 Å². The summed E-state index contributed by atoms with van der Waals surface area (Å²) >= 11 is 0. The molecule has 5 nitrogen and oxygen atoms in total. The molecule has 2 rings (SSSR count). The Bertz CT molecular complexity index is 824. The molecule has 5 heteroatoms. The van der Waals surface area contributed by atoms with Crippen LogP contribution in [0.5, 0.6) is 5.75 Å². The summed E-state index contributed by atoms with van der Waals surface area (Å²) in [4.78, 5) is 11.8. The van der Waals surface area contributed by atoms with Gasteiger partial charge in [-0.3, -0.25) is 0 Å². The SMILES string of the molecule is CCOC(=O)C(C#N)=Cc1cc(C)n(-c2ccc(OCC)cc2)c1C. The van der Waals surface area contributed by atoms with Gasteiger partial charge in [-0.25, -0.2) is 4.79 Å². The summed E-state index contributed by atoms with van der Waals surface area (Å²) in [5.41, 5.74) is 3.75. The second-order valence-electron chi connectivity index (χ2n) is 5.48. The van der Waals surface area contributed by atoms with Crippen LogP contribution in [0.25, 0.3) is 11.8 Å². The lowest BCUT2D eigenvalue weighted by molar-refractivity contribution is -0.137. The molecule has 0 amide bonds. The van der Waals surface area contributed by atoms with Gasteiger partial charge in [0.25, 0.3) is 0 Å². The third-order valence-electron chi connectivity index (χ3n) is 3.79. The minimum atomic E-state index is -0.601. The average molecular weight is 338 g/mol. The van der Waals surface area contributed by atoms with Crippen LogP contribution < -0.4 is 4.74 Å². The van der Waals surface area contributed by atoms with E-state index < -0.39 is 5.97 Å². The van der Waals surface area contributed by atoms with E-state index in [1.54, 1.807) is 13.0 Å². The van der Waals surface area contributed by atoms with Gasteiger partial charge in [0.1, 0.15) is 17.4 Å². The molecule has 1 aromatic heterocycles. The molecule has 0 aliphatic carbocycles. The second kappa shape index (κ2) is 8.20. The van der Waals surface area contributed by atoms with Crippen LogP contribution >= 0.6 is 0 Å². The summed E-state index contributed by atoms with van der Waals surface area (Å²) in [6.07, 6.45) is 1.57. The smallest absolute Gasteiger partial charge is 0.348 e. The fourth-order valence-corrected chi connectivity index (χ4v) is 2.69. The van der Waals surface area contributed by atoms with Crippen molar-refractivity contribution in [3.8, 4) is 17.5 Å². The molecular weight excluding hydrogens is 316 g/mol. The highest BCUT2D eigenvalue weighted by Gasteiger charge is 2.14. The highest BCUT2D eigenvalue weighted by molar-refractivity contribution is 5.98. The molecule has 1 heterocycles. The van der Waals surface area contributed by atoms with E-state index in [-0.39, 0.29) is 12.2 Å². The first-order valence-electron chi connectivity index (χ1n) is 8.22. The number of carbonyl (C=O) groups is 1. The molecule has 0 bridgehead atoms. The van der Waals surface area contributed by atoms with Gasteiger partial charge in [-0.15, -0.1) is 0 Å². The van der Waals surface area contributed by atoms with Gasteiger partial charge >= 0.3 is 5.97 Å². The fraction of sp³-hybridized carbons (Fsp3) is 0.300. The zero-order valence-corrected chi connectivity index (χ0v) is 15.0. The van der Waals surface area contributed by atoms with Crippen molar-refractivity contribution in [1.29, 1.82) is 5.26 Å². The van der Waals surface area contributed by atoms with Gasteiger partial charge < -0.3 is 14.0 Å². The van der Waals surface area contributed by atoms with E-state index in [1.807, 2.05) is 57.2 Å².